The van der Waals surface area contributed by atoms with Gasteiger partial charge in [-0.2, -0.15) is 17.6 Å². The van der Waals surface area contributed by atoms with Crippen LogP contribution in [0.25, 0.3) is 0 Å². The van der Waals surface area contributed by atoms with Crippen molar-refractivity contribution in [3.63, 3.8) is 0 Å². The lowest BCUT2D eigenvalue weighted by atomic mass is 9.77. The fourth-order valence-corrected chi connectivity index (χ4v) is 3.98. The Morgan fingerprint density at radius 2 is 1.94 bits per heavy atom. The molecule has 34 heavy (non-hydrogen) atoms. The van der Waals surface area contributed by atoms with E-state index in [1.807, 2.05) is 0 Å². The smallest absolute Gasteiger partial charge is 0.417 e. The zero-order chi connectivity index (χ0) is 25.4. The zero-order valence-corrected chi connectivity index (χ0v) is 18.4. The molecule has 0 saturated carbocycles. The lowest BCUT2D eigenvalue weighted by Gasteiger charge is -2.32. The summed E-state index contributed by atoms with van der Waals surface area (Å²) in [5, 5.41) is 2.38. The summed E-state index contributed by atoms with van der Waals surface area (Å²) < 4.78 is 80.9. The molecule has 0 unspecified atom stereocenters. The van der Waals surface area contributed by atoms with Crippen LogP contribution in [0, 0.1) is 17.6 Å². The number of hydrogen-bond donors (Lipinski definition) is 2. The Morgan fingerprint density at radius 3 is 2.53 bits per heavy atom. The van der Waals surface area contributed by atoms with Gasteiger partial charge in [0.25, 0.3) is 11.8 Å². The molecular weight excluding hydrogens is 465 g/mol. The van der Waals surface area contributed by atoms with Crippen molar-refractivity contribution in [3.8, 4) is 5.75 Å². The number of amides is 2. The van der Waals surface area contributed by atoms with Gasteiger partial charge in [-0.3, -0.25) is 14.6 Å². The lowest BCUT2D eigenvalue weighted by molar-refractivity contribution is -0.272. The van der Waals surface area contributed by atoms with E-state index in [9.17, 15) is 31.5 Å². The quantitative estimate of drug-likeness (QED) is 0.601. The summed E-state index contributed by atoms with van der Waals surface area (Å²) in [5.74, 6) is -7.87. The van der Waals surface area contributed by atoms with Crippen molar-refractivity contribution in [3.05, 3.63) is 53.4 Å². The monoisotopic (exact) mass is 487 g/mol. The van der Waals surface area contributed by atoms with Gasteiger partial charge in [0, 0.05) is 29.3 Å². The summed E-state index contributed by atoms with van der Waals surface area (Å²) in [6.45, 7) is 3.39. The third kappa shape index (κ3) is 4.41. The fraction of sp³-hybridized carbons (Fsp3) is 0.409. The van der Waals surface area contributed by atoms with Gasteiger partial charge in [0.1, 0.15) is 11.8 Å². The van der Waals surface area contributed by atoms with Gasteiger partial charge in [0.15, 0.2) is 17.2 Å². The third-order valence-electron chi connectivity index (χ3n) is 5.93. The predicted molar refractivity (Wildman–Crippen MR) is 110 cm³/mol. The molecule has 7 nitrogen and oxygen atoms in total. The highest BCUT2D eigenvalue weighted by Gasteiger charge is 2.65. The van der Waals surface area contributed by atoms with E-state index in [1.54, 1.807) is 0 Å². The van der Waals surface area contributed by atoms with E-state index < -0.39 is 58.9 Å². The van der Waals surface area contributed by atoms with Crippen molar-refractivity contribution >= 4 is 17.5 Å². The average molecular weight is 487 g/mol. The van der Waals surface area contributed by atoms with Crippen LogP contribution in [0.4, 0.5) is 27.6 Å². The largest absolute Gasteiger partial charge is 0.490 e. The number of benzene rings is 1. The Balaban J connectivity index is 2.09. The van der Waals surface area contributed by atoms with E-state index in [1.165, 1.54) is 26.1 Å². The minimum absolute atomic E-state index is 0.0275. The first-order valence-electron chi connectivity index (χ1n) is 10.2. The first kappa shape index (κ1) is 25.3. The number of aromatic nitrogens is 1. The standard InChI is InChI=1S/C22H22F5N3O4/c1-4-33-17-12(5-6-13(23)16(17)24)15-10(2)21(3,22(25,26)27)34-18(15)20(32)30-11-7-8-29-14(9-11)19(28)31/h5-10,15,18H,4H2,1-3H3,(H2,28,31)(H,29,30,32)/t10-,15-,18-,21-/m0/s1. The fourth-order valence-electron chi connectivity index (χ4n) is 3.98. The molecule has 0 spiro atoms. The van der Waals surface area contributed by atoms with Crippen molar-refractivity contribution in [1.29, 1.82) is 0 Å². The number of ether oxygens (including phenoxy) is 2. The second kappa shape index (κ2) is 9.16. The lowest BCUT2D eigenvalue weighted by Crippen LogP contribution is -2.47. The second-order valence-electron chi connectivity index (χ2n) is 7.95. The molecule has 4 atom stereocenters. The maximum absolute atomic E-state index is 14.5. The van der Waals surface area contributed by atoms with Crippen molar-refractivity contribution in [2.45, 2.75) is 44.6 Å². The molecule has 184 valence electrons. The molecule has 3 rings (SSSR count). The molecule has 0 aliphatic carbocycles. The molecular formula is C22H22F5N3O4. The average Bonchev–Trinajstić information content (AvgIpc) is 3.04. The number of pyridine rings is 1. The van der Waals surface area contributed by atoms with Gasteiger partial charge in [-0.1, -0.05) is 13.0 Å². The molecule has 2 aromatic rings. The Hall–Kier alpha value is -3.28. The molecule has 12 heteroatoms. The van der Waals surface area contributed by atoms with Gasteiger partial charge >= 0.3 is 6.18 Å². The van der Waals surface area contributed by atoms with E-state index in [2.05, 4.69) is 10.3 Å². The van der Waals surface area contributed by atoms with Gasteiger partial charge < -0.3 is 20.5 Å². The van der Waals surface area contributed by atoms with E-state index in [0.29, 0.717) is 0 Å². The molecule has 2 amide bonds. The van der Waals surface area contributed by atoms with E-state index in [4.69, 9.17) is 15.2 Å². The molecule has 0 bridgehead atoms. The van der Waals surface area contributed by atoms with E-state index >= 15 is 0 Å². The molecule has 1 aromatic carbocycles. The summed E-state index contributed by atoms with van der Waals surface area (Å²) in [6, 6.07) is 4.26. The van der Waals surface area contributed by atoms with Gasteiger partial charge in [0.2, 0.25) is 5.82 Å². The Morgan fingerprint density at radius 1 is 1.26 bits per heavy atom. The number of nitrogens with one attached hydrogen (secondary N) is 1. The molecule has 1 aliphatic rings. The number of anilines is 1. The van der Waals surface area contributed by atoms with Gasteiger partial charge in [-0.05, 0) is 32.0 Å². The van der Waals surface area contributed by atoms with Crippen molar-refractivity contribution in [2.24, 2.45) is 11.7 Å². The maximum atomic E-state index is 14.5. The summed E-state index contributed by atoms with van der Waals surface area (Å²) in [4.78, 5) is 28.2. The number of alkyl halides is 3. The second-order valence-corrected chi connectivity index (χ2v) is 7.95. The molecule has 1 aliphatic heterocycles. The van der Waals surface area contributed by atoms with Crippen molar-refractivity contribution < 1.29 is 41.0 Å². The molecule has 1 fully saturated rings. The topological polar surface area (TPSA) is 104 Å². The van der Waals surface area contributed by atoms with Crippen LogP contribution in [0.1, 0.15) is 42.7 Å². The summed E-state index contributed by atoms with van der Waals surface area (Å²) in [5.41, 5.74) is 2.07. The third-order valence-corrected chi connectivity index (χ3v) is 5.93. The van der Waals surface area contributed by atoms with Gasteiger partial charge in [0.05, 0.1) is 6.61 Å². The molecule has 2 heterocycles. The van der Waals surface area contributed by atoms with Crippen LogP contribution in [0.3, 0.4) is 0 Å². The number of hydrogen-bond acceptors (Lipinski definition) is 5. The van der Waals surface area contributed by atoms with Crippen LogP contribution in [0.15, 0.2) is 30.5 Å². The normalized spacial score (nSPS) is 24.6. The number of halogens is 5. The molecule has 1 aromatic heterocycles. The highest BCUT2D eigenvalue weighted by Crippen LogP contribution is 2.55. The van der Waals surface area contributed by atoms with Gasteiger partial charge in [-0.25, -0.2) is 4.39 Å². The maximum Gasteiger partial charge on any atom is 0.417 e. The van der Waals surface area contributed by atoms with Crippen LogP contribution in [-0.2, 0) is 9.53 Å². The molecule has 0 radical (unpaired) electrons. The number of carbonyl (C=O) groups is 2. The summed E-state index contributed by atoms with van der Waals surface area (Å²) in [7, 11) is 0. The zero-order valence-electron chi connectivity index (χ0n) is 18.4. The van der Waals surface area contributed by atoms with Crippen LogP contribution in [0.5, 0.6) is 5.75 Å². The highest BCUT2D eigenvalue weighted by molar-refractivity contribution is 5.97. The van der Waals surface area contributed by atoms with Crippen LogP contribution >= 0.6 is 0 Å². The van der Waals surface area contributed by atoms with E-state index in [-0.39, 0.29) is 23.6 Å². The number of nitrogens with two attached hydrogens (primary N) is 1. The minimum Gasteiger partial charge on any atom is -0.490 e. The van der Waals surface area contributed by atoms with Crippen LogP contribution in [-0.4, -0.2) is 41.3 Å². The number of carbonyl (C=O) groups excluding carboxylic acids is 2. The van der Waals surface area contributed by atoms with Crippen LogP contribution in [0.2, 0.25) is 0 Å². The predicted octanol–water partition coefficient (Wildman–Crippen LogP) is 3.94. The van der Waals surface area contributed by atoms with Crippen LogP contribution < -0.4 is 15.8 Å². The van der Waals surface area contributed by atoms with Crippen molar-refractivity contribution in [2.75, 3.05) is 11.9 Å². The first-order chi connectivity index (χ1) is 15.8. The van der Waals surface area contributed by atoms with Crippen molar-refractivity contribution in [1.82, 2.24) is 4.98 Å². The Labute approximate surface area is 191 Å². The summed E-state index contributed by atoms with van der Waals surface area (Å²) in [6.07, 6.45) is -5.48. The first-order valence-corrected chi connectivity index (χ1v) is 10.2. The number of rotatable bonds is 6. The number of nitrogens with zero attached hydrogens (tertiary/aromatic N) is 1. The SMILES string of the molecule is CCOc1c([C@H]2[C@@H](C(=O)Nc3ccnc(C(N)=O)c3)O[C@](C)(C(F)(F)F)[C@H]2C)ccc(F)c1F. The van der Waals surface area contributed by atoms with E-state index in [0.717, 1.165) is 25.1 Å². The Kier molecular flexibility index (Phi) is 6.83. The minimum atomic E-state index is -4.89. The summed E-state index contributed by atoms with van der Waals surface area (Å²) >= 11 is 0. The molecule has 3 N–H and O–H groups in total. The Bertz CT molecular complexity index is 1110. The highest BCUT2D eigenvalue weighted by atomic mass is 19.4. The van der Waals surface area contributed by atoms with Gasteiger partial charge in [-0.15, -0.1) is 0 Å². The number of primary amides is 1. The molecule has 1 saturated heterocycles.